The highest BCUT2D eigenvalue weighted by molar-refractivity contribution is 5.56. The van der Waals surface area contributed by atoms with Crippen LogP contribution >= 0.6 is 0 Å². The van der Waals surface area contributed by atoms with Gasteiger partial charge in [0.15, 0.2) is 0 Å². The Morgan fingerprint density at radius 1 is 1.46 bits per heavy atom. The monoisotopic (exact) mass is 179 g/mol. The van der Waals surface area contributed by atoms with Gasteiger partial charge >= 0.3 is 0 Å². The van der Waals surface area contributed by atoms with Crippen molar-refractivity contribution in [3.05, 3.63) is 29.1 Å². The smallest absolute Gasteiger partial charge is 0.149 e. The number of anilines is 1. The first-order valence-electron chi connectivity index (χ1n) is 4.70. The van der Waals surface area contributed by atoms with Gasteiger partial charge in [0.05, 0.1) is 5.69 Å². The quantitative estimate of drug-likeness (QED) is 0.645. The predicted molar refractivity (Wildman–Crippen MR) is 52.5 cm³/mol. The topological polar surface area (TPSA) is 12.0 Å². The van der Waals surface area contributed by atoms with Crippen molar-refractivity contribution in [1.82, 2.24) is 0 Å². The molecule has 1 unspecified atom stereocenters. The summed E-state index contributed by atoms with van der Waals surface area (Å²) in [5, 5.41) is 3.15. The van der Waals surface area contributed by atoms with Crippen LogP contribution in [0, 0.1) is 18.7 Å². The fourth-order valence-corrected chi connectivity index (χ4v) is 1.81. The van der Waals surface area contributed by atoms with Gasteiger partial charge in [0.2, 0.25) is 0 Å². The molecule has 0 fully saturated rings. The van der Waals surface area contributed by atoms with Crippen molar-refractivity contribution in [1.29, 1.82) is 0 Å². The van der Waals surface area contributed by atoms with Crippen LogP contribution in [-0.2, 0) is 6.42 Å². The molecule has 13 heavy (non-hydrogen) atoms. The van der Waals surface area contributed by atoms with Crippen LogP contribution in [0.25, 0.3) is 0 Å². The summed E-state index contributed by atoms with van der Waals surface area (Å²) in [5.74, 6) is 0.527. The van der Waals surface area contributed by atoms with Gasteiger partial charge in [-0.2, -0.15) is 0 Å². The zero-order valence-electron chi connectivity index (χ0n) is 8.02. The Labute approximate surface area is 78.0 Å². The first-order valence-corrected chi connectivity index (χ1v) is 4.70. The Hall–Kier alpha value is -1.05. The largest absolute Gasteiger partial charge is 0.382 e. The van der Waals surface area contributed by atoms with Gasteiger partial charge in [0.25, 0.3) is 0 Å². The molecule has 1 aromatic rings. The van der Waals surface area contributed by atoms with Crippen LogP contribution in [0.1, 0.15) is 18.1 Å². The van der Waals surface area contributed by atoms with Gasteiger partial charge in [0, 0.05) is 6.54 Å². The lowest BCUT2D eigenvalue weighted by Gasteiger charge is -2.24. The first kappa shape index (κ1) is 8.54. The Bertz CT molecular complexity index is 333. The van der Waals surface area contributed by atoms with E-state index in [1.165, 1.54) is 0 Å². The molecule has 1 atom stereocenters. The molecule has 0 bridgehead atoms. The molecule has 2 rings (SSSR count). The molecule has 0 saturated carbocycles. The molecule has 0 spiro atoms. The standard InChI is InChI=1S/C11H14FN/c1-7-5-9-4-3-8(2)10(12)11(9)13-6-7/h3-4,7,13H,5-6H2,1-2H3. The van der Waals surface area contributed by atoms with Gasteiger partial charge in [-0.25, -0.2) is 4.39 Å². The van der Waals surface area contributed by atoms with Gasteiger partial charge in [-0.3, -0.25) is 0 Å². The summed E-state index contributed by atoms with van der Waals surface area (Å²) in [6, 6.07) is 3.88. The lowest BCUT2D eigenvalue weighted by molar-refractivity contribution is 0.568. The number of halogens is 1. The van der Waals surface area contributed by atoms with Crippen LogP contribution in [0.15, 0.2) is 12.1 Å². The molecule has 1 aromatic carbocycles. The summed E-state index contributed by atoms with van der Waals surface area (Å²) in [6.07, 6.45) is 0.986. The maximum absolute atomic E-state index is 13.5. The highest BCUT2D eigenvalue weighted by Crippen LogP contribution is 2.28. The number of rotatable bonds is 0. The van der Waals surface area contributed by atoms with Crippen LogP contribution < -0.4 is 5.32 Å². The number of hydrogen-bond acceptors (Lipinski definition) is 1. The van der Waals surface area contributed by atoms with Crippen molar-refractivity contribution < 1.29 is 4.39 Å². The van der Waals surface area contributed by atoms with E-state index in [0.29, 0.717) is 5.92 Å². The molecule has 1 aliphatic rings. The zero-order chi connectivity index (χ0) is 9.42. The van der Waals surface area contributed by atoms with E-state index in [2.05, 4.69) is 12.2 Å². The van der Waals surface area contributed by atoms with E-state index in [9.17, 15) is 4.39 Å². The number of fused-ring (bicyclic) bond motifs is 1. The molecule has 1 nitrogen and oxygen atoms in total. The second-order valence-corrected chi connectivity index (χ2v) is 3.92. The van der Waals surface area contributed by atoms with Gasteiger partial charge in [-0.05, 0) is 30.4 Å². The third-order valence-corrected chi connectivity index (χ3v) is 2.62. The van der Waals surface area contributed by atoms with E-state index in [4.69, 9.17) is 0 Å². The minimum atomic E-state index is -0.0793. The molecule has 0 radical (unpaired) electrons. The van der Waals surface area contributed by atoms with E-state index in [1.54, 1.807) is 6.92 Å². The van der Waals surface area contributed by atoms with Crippen molar-refractivity contribution >= 4 is 5.69 Å². The molecular weight excluding hydrogens is 165 g/mol. The minimum Gasteiger partial charge on any atom is -0.382 e. The second kappa shape index (κ2) is 3.02. The van der Waals surface area contributed by atoms with Crippen molar-refractivity contribution in [2.45, 2.75) is 20.3 Å². The lowest BCUT2D eigenvalue weighted by atomic mass is 9.94. The van der Waals surface area contributed by atoms with Crippen LogP contribution in [0.3, 0.4) is 0 Å². The maximum atomic E-state index is 13.5. The molecule has 0 amide bonds. The fourth-order valence-electron chi connectivity index (χ4n) is 1.81. The Kier molecular flexibility index (Phi) is 1.98. The van der Waals surface area contributed by atoms with Crippen LogP contribution in [-0.4, -0.2) is 6.54 Å². The summed E-state index contributed by atoms with van der Waals surface area (Å²) in [5.41, 5.74) is 2.56. The highest BCUT2D eigenvalue weighted by atomic mass is 19.1. The van der Waals surface area contributed by atoms with Crippen LogP contribution in [0.5, 0.6) is 0 Å². The molecule has 1 heterocycles. The van der Waals surface area contributed by atoms with E-state index in [-0.39, 0.29) is 5.82 Å². The Balaban J connectivity index is 2.47. The van der Waals surface area contributed by atoms with E-state index in [1.807, 2.05) is 12.1 Å². The van der Waals surface area contributed by atoms with Gasteiger partial charge < -0.3 is 5.32 Å². The molecule has 0 aromatic heterocycles. The molecule has 1 N–H and O–H groups in total. The zero-order valence-corrected chi connectivity index (χ0v) is 8.02. The summed E-state index contributed by atoms with van der Waals surface area (Å²) in [7, 11) is 0. The third-order valence-electron chi connectivity index (χ3n) is 2.62. The van der Waals surface area contributed by atoms with E-state index in [0.717, 1.165) is 29.8 Å². The van der Waals surface area contributed by atoms with Gasteiger partial charge in [-0.15, -0.1) is 0 Å². The fraction of sp³-hybridized carbons (Fsp3) is 0.455. The molecule has 2 heteroatoms. The number of hydrogen-bond donors (Lipinski definition) is 1. The highest BCUT2D eigenvalue weighted by Gasteiger charge is 2.18. The van der Waals surface area contributed by atoms with E-state index >= 15 is 0 Å². The molecule has 0 saturated heterocycles. The molecule has 0 aliphatic carbocycles. The normalized spacial score (nSPS) is 20.7. The third kappa shape index (κ3) is 1.41. The average molecular weight is 179 g/mol. The van der Waals surface area contributed by atoms with Gasteiger partial charge in [-0.1, -0.05) is 19.1 Å². The van der Waals surface area contributed by atoms with Gasteiger partial charge in [0.1, 0.15) is 5.82 Å². The SMILES string of the molecule is Cc1ccc2c(c1F)NCC(C)C2. The van der Waals surface area contributed by atoms with Crippen molar-refractivity contribution in [3.8, 4) is 0 Å². The predicted octanol–water partition coefficient (Wildman–Crippen LogP) is 2.74. The number of aryl methyl sites for hydroxylation is 1. The average Bonchev–Trinajstić information content (AvgIpc) is 2.12. The van der Waals surface area contributed by atoms with Crippen molar-refractivity contribution in [2.75, 3.05) is 11.9 Å². The molecule has 1 aliphatic heterocycles. The summed E-state index contributed by atoms with van der Waals surface area (Å²) in [4.78, 5) is 0. The summed E-state index contributed by atoms with van der Waals surface area (Å²) < 4.78 is 13.5. The number of benzene rings is 1. The maximum Gasteiger partial charge on any atom is 0.149 e. The lowest BCUT2D eigenvalue weighted by Crippen LogP contribution is -2.21. The Morgan fingerprint density at radius 3 is 3.00 bits per heavy atom. The summed E-state index contributed by atoms with van der Waals surface area (Å²) >= 11 is 0. The number of nitrogens with one attached hydrogen (secondary N) is 1. The molecular formula is C11H14FN. The van der Waals surface area contributed by atoms with Crippen LogP contribution in [0.4, 0.5) is 10.1 Å². The van der Waals surface area contributed by atoms with Crippen molar-refractivity contribution in [2.24, 2.45) is 5.92 Å². The Morgan fingerprint density at radius 2 is 2.23 bits per heavy atom. The van der Waals surface area contributed by atoms with Crippen LogP contribution in [0.2, 0.25) is 0 Å². The molecule has 70 valence electrons. The van der Waals surface area contributed by atoms with E-state index < -0.39 is 0 Å². The van der Waals surface area contributed by atoms with Crippen molar-refractivity contribution in [3.63, 3.8) is 0 Å². The minimum absolute atomic E-state index is 0.0793. The first-order chi connectivity index (χ1) is 6.18. The summed E-state index contributed by atoms with van der Waals surface area (Å²) in [6.45, 7) is 4.86. The second-order valence-electron chi connectivity index (χ2n) is 3.92.